The summed E-state index contributed by atoms with van der Waals surface area (Å²) in [7, 11) is -3.05. The zero-order valence-electron chi connectivity index (χ0n) is 11.8. The summed E-state index contributed by atoms with van der Waals surface area (Å²) in [6, 6.07) is 9.50. The van der Waals surface area contributed by atoms with Gasteiger partial charge in [0, 0.05) is 5.56 Å². The van der Waals surface area contributed by atoms with Crippen molar-refractivity contribution < 1.29 is 13.2 Å². The largest absolute Gasteiger partial charge is 0.349 e. The predicted octanol–water partition coefficient (Wildman–Crippen LogP) is 0.523. The van der Waals surface area contributed by atoms with Crippen LogP contribution in [0.15, 0.2) is 30.3 Å². The fraction of sp³-hybridized carbons (Fsp3) is 0.357. The topological polar surface area (TPSA) is 105 Å². The third-order valence-electron chi connectivity index (χ3n) is 3.60. The lowest BCUT2D eigenvalue weighted by Gasteiger charge is -2.07. The minimum absolute atomic E-state index is 0.0650. The summed E-state index contributed by atoms with van der Waals surface area (Å²) >= 11 is 0. The van der Waals surface area contributed by atoms with Gasteiger partial charge in [0.1, 0.15) is 5.82 Å². The molecule has 2 N–H and O–H groups in total. The first-order valence-electron chi connectivity index (χ1n) is 6.98. The number of benzene rings is 1. The summed E-state index contributed by atoms with van der Waals surface area (Å²) in [5, 5.41) is 9.58. The molecule has 1 fully saturated rings. The Labute approximate surface area is 128 Å². The maximum Gasteiger partial charge on any atom is 0.224 e. The van der Waals surface area contributed by atoms with E-state index in [4.69, 9.17) is 0 Å². The lowest BCUT2D eigenvalue weighted by atomic mass is 10.1. The summed E-state index contributed by atoms with van der Waals surface area (Å²) in [5.74, 6) is 0.414. The Morgan fingerprint density at radius 1 is 1.32 bits per heavy atom. The van der Waals surface area contributed by atoms with Crippen molar-refractivity contribution in [1.82, 2.24) is 20.5 Å². The van der Waals surface area contributed by atoms with Gasteiger partial charge >= 0.3 is 0 Å². The normalized spacial score (nSPS) is 19.9. The molecule has 1 aromatic carbocycles. The molecule has 116 valence electrons. The number of carbonyl (C=O) groups is 1. The average molecular weight is 320 g/mol. The quantitative estimate of drug-likeness (QED) is 0.854. The van der Waals surface area contributed by atoms with E-state index in [1.54, 1.807) is 0 Å². The van der Waals surface area contributed by atoms with Gasteiger partial charge in [0.05, 0.1) is 24.0 Å². The highest BCUT2D eigenvalue weighted by Gasteiger charge is 2.32. The summed E-state index contributed by atoms with van der Waals surface area (Å²) in [4.78, 5) is 16.3. The minimum atomic E-state index is -3.05. The molecule has 0 spiro atoms. The fourth-order valence-electron chi connectivity index (χ4n) is 2.41. The maximum absolute atomic E-state index is 11.9. The van der Waals surface area contributed by atoms with Crippen molar-refractivity contribution in [2.24, 2.45) is 5.92 Å². The van der Waals surface area contributed by atoms with Crippen LogP contribution in [0.25, 0.3) is 11.4 Å². The number of rotatable bonds is 4. The van der Waals surface area contributed by atoms with Crippen LogP contribution in [0.5, 0.6) is 0 Å². The number of amides is 1. The second kappa shape index (κ2) is 5.88. The number of aromatic amines is 1. The number of H-pyrrole nitrogens is 1. The number of nitrogens with one attached hydrogen (secondary N) is 2. The SMILES string of the molecule is O=C(NCc1nc(-c2ccccc2)n[nH]1)[C@@H]1CCS(=O)(=O)C1. The number of nitrogens with zero attached hydrogens (tertiary/aromatic N) is 2. The van der Waals surface area contributed by atoms with Gasteiger partial charge in [0.15, 0.2) is 15.7 Å². The number of hydrogen-bond donors (Lipinski definition) is 2. The molecule has 3 rings (SSSR count). The zero-order chi connectivity index (χ0) is 15.6. The van der Waals surface area contributed by atoms with E-state index in [-0.39, 0.29) is 24.0 Å². The number of carbonyl (C=O) groups excluding carboxylic acids is 1. The number of aromatic nitrogens is 3. The third kappa shape index (κ3) is 3.33. The van der Waals surface area contributed by atoms with Crippen LogP contribution in [0.4, 0.5) is 0 Å². The molecule has 7 nitrogen and oxygen atoms in total. The number of hydrogen-bond acceptors (Lipinski definition) is 5. The highest BCUT2D eigenvalue weighted by atomic mass is 32.2. The Hall–Kier alpha value is -2.22. The van der Waals surface area contributed by atoms with Crippen LogP contribution in [0.2, 0.25) is 0 Å². The lowest BCUT2D eigenvalue weighted by molar-refractivity contribution is -0.124. The molecule has 2 aromatic rings. The molecule has 2 heterocycles. The monoisotopic (exact) mass is 320 g/mol. The third-order valence-corrected chi connectivity index (χ3v) is 5.36. The van der Waals surface area contributed by atoms with Crippen molar-refractivity contribution in [2.75, 3.05) is 11.5 Å². The molecule has 8 heteroatoms. The summed E-state index contributed by atoms with van der Waals surface area (Å²) in [5.41, 5.74) is 0.887. The van der Waals surface area contributed by atoms with Crippen LogP contribution < -0.4 is 5.32 Å². The first kappa shape index (κ1) is 14.7. The van der Waals surface area contributed by atoms with Gasteiger partial charge in [-0.15, -0.1) is 0 Å². The van der Waals surface area contributed by atoms with E-state index in [1.165, 1.54) is 0 Å². The summed E-state index contributed by atoms with van der Waals surface area (Å²) < 4.78 is 22.7. The molecule has 1 aromatic heterocycles. The molecule has 0 aliphatic carbocycles. The van der Waals surface area contributed by atoms with Crippen molar-refractivity contribution in [3.05, 3.63) is 36.2 Å². The first-order chi connectivity index (χ1) is 10.5. The Balaban J connectivity index is 1.59. The van der Waals surface area contributed by atoms with Crippen LogP contribution in [-0.4, -0.2) is 41.0 Å². The van der Waals surface area contributed by atoms with E-state index >= 15 is 0 Å². The van der Waals surface area contributed by atoms with E-state index in [9.17, 15) is 13.2 Å². The molecule has 0 radical (unpaired) electrons. The highest BCUT2D eigenvalue weighted by Crippen LogP contribution is 2.18. The Morgan fingerprint density at radius 2 is 2.09 bits per heavy atom. The van der Waals surface area contributed by atoms with Crippen LogP contribution >= 0.6 is 0 Å². The standard InChI is InChI=1S/C14H16N4O3S/c19-14(11-6-7-22(20,21)9-11)15-8-12-16-13(18-17-12)10-4-2-1-3-5-10/h1-5,11H,6-9H2,(H,15,19)(H,16,17,18)/t11-/m1/s1. The molecule has 0 unspecified atom stereocenters. The van der Waals surface area contributed by atoms with Gasteiger partial charge in [-0.05, 0) is 6.42 Å². The zero-order valence-corrected chi connectivity index (χ0v) is 12.6. The molecule has 22 heavy (non-hydrogen) atoms. The van der Waals surface area contributed by atoms with Crippen molar-refractivity contribution >= 4 is 15.7 Å². The van der Waals surface area contributed by atoms with E-state index in [0.717, 1.165) is 5.56 Å². The second-order valence-electron chi connectivity index (χ2n) is 5.29. The van der Waals surface area contributed by atoms with E-state index in [1.807, 2.05) is 30.3 Å². The summed E-state index contributed by atoms with van der Waals surface area (Å²) in [6.45, 7) is 0.204. The molecule has 0 saturated carbocycles. The average Bonchev–Trinajstić information content (AvgIpc) is 3.12. The smallest absolute Gasteiger partial charge is 0.224 e. The maximum atomic E-state index is 11.9. The molecule has 1 amide bonds. The van der Waals surface area contributed by atoms with Crippen molar-refractivity contribution in [3.8, 4) is 11.4 Å². The van der Waals surface area contributed by atoms with Gasteiger partial charge in [0.2, 0.25) is 5.91 Å². The minimum Gasteiger partial charge on any atom is -0.349 e. The van der Waals surface area contributed by atoms with Gasteiger partial charge in [-0.1, -0.05) is 30.3 Å². The number of sulfone groups is 1. The van der Waals surface area contributed by atoms with Crippen molar-refractivity contribution in [2.45, 2.75) is 13.0 Å². The van der Waals surface area contributed by atoms with E-state index < -0.39 is 15.8 Å². The Morgan fingerprint density at radius 3 is 2.77 bits per heavy atom. The van der Waals surface area contributed by atoms with E-state index in [0.29, 0.717) is 18.1 Å². The van der Waals surface area contributed by atoms with Gasteiger partial charge in [-0.3, -0.25) is 9.89 Å². The predicted molar refractivity (Wildman–Crippen MR) is 80.4 cm³/mol. The lowest BCUT2D eigenvalue weighted by Crippen LogP contribution is -2.31. The van der Waals surface area contributed by atoms with Crippen LogP contribution in [0.3, 0.4) is 0 Å². The van der Waals surface area contributed by atoms with Crippen LogP contribution in [-0.2, 0) is 21.2 Å². The Bertz CT molecular complexity index is 770. The molecule has 1 aliphatic rings. The fourth-order valence-corrected chi connectivity index (χ4v) is 4.15. The molecule has 1 atom stereocenters. The van der Waals surface area contributed by atoms with Crippen molar-refractivity contribution in [1.29, 1.82) is 0 Å². The van der Waals surface area contributed by atoms with E-state index in [2.05, 4.69) is 20.5 Å². The molecule has 0 bridgehead atoms. The van der Waals surface area contributed by atoms with Gasteiger partial charge < -0.3 is 5.32 Å². The van der Waals surface area contributed by atoms with Crippen LogP contribution in [0.1, 0.15) is 12.2 Å². The van der Waals surface area contributed by atoms with Gasteiger partial charge in [-0.2, -0.15) is 5.10 Å². The van der Waals surface area contributed by atoms with Crippen LogP contribution in [0, 0.1) is 5.92 Å². The molecule has 1 saturated heterocycles. The van der Waals surface area contributed by atoms with Gasteiger partial charge in [0.25, 0.3) is 0 Å². The molecular formula is C14H16N4O3S. The first-order valence-corrected chi connectivity index (χ1v) is 8.80. The summed E-state index contributed by atoms with van der Waals surface area (Å²) in [6.07, 6.45) is 0.389. The molecule has 1 aliphatic heterocycles. The Kier molecular flexibility index (Phi) is 3.93. The second-order valence-corrected chi connectivity index (χ2v) is 7.52. The molecular weight excluding hydrogens is 304 g/mol. The van der Waals surface area contributed by atoms with Gasteiger partial charge in [-0.25, -0.2) is 13.4 Å². The highest BCUT2D eigenvalue weighted by molar-refractivity contribution is 7.91. The van der Waals surface area contributed by atoms with Crippen molar-refractivity contribution in [3.63, 3.8) is 0 Å².